The number of hydrogen-bond acceptors (Lipinski definition) is 4. The third-order valence-corrected chi connectivity index (χ3v) is 5.77. The van der Waals surface area contributed by atoms with Crippen molar-refractivity contribution in [3.8, 4) is 11.4 Å². The van der Waals surface area contributed by atoms with Gasteiger partial charge in [0.15, 0.2) is 5.13 Å². The average Bonchev–Trinajstić information content (AvgIpc) is 3.24. The van der Waals surface area contributed by atoms with Crippen LogP contribution in [0.15, 0.2) is 29.8 Å². The number of amides is 1. The molecular formula is C17H19N3OS. The maximum Gasteiger partial charge on any atom is 0.226 e. The Bertz CT molecular complexity index is 670. The lowest BCUT2D eigenvalue weighted by Gasteiger charge is -2.20. The third-order valence-electron chi connectivity index (χ3n) is 5.01. The van der Waals surface area contributed by atoms with Gasteiger partial charge in [-0.25, -0.2) is 4.98 Å². The van der Waals surface area contributed by atoms with E-state index in [1.165, 1.54) is 37.0 Å². The van der Waals surface area contributed by atoms with E-state index in [1.54, 1.807) is 6.20 Å². The molecule has 0 unspecified atom stereocenters. The summed E-state index contributed by atoms with van der Waals surface area (Å²) in [6.07, 6.45) is 7.70. The summed E-state index contributed by atoms with van der Waals surface area (Å²) >= 11 is 1.46. The number of carbonyl (C=O) groups excluding carboxylic acids is 1. The summed E-state index contributed by atoms with van der Waals surface area (Å²) in [6, 6.07) is 5.75. The Labute approximate surface area is 134 Å². The molecule has 3 atom stereocenters. The van der Waals surface area contributed by atoms with E-state index in [0.717, 1.165) is 23.2 Å². The van der Waals surface area contributed by atoms with Crippen LogP contribution in [0.4, 0.5) is 5.13 Å². The molecule has 0 aliphatic heterocycles. The molecule has 22 heavy (non-hydrogen) atoms. The second-order valence-electron chi connectivity index (χ2n) is 6.44. The average molecular weight is 313 g/mol. The van der Waals surface area contributed by atoms with Gasteiger partial charge in [0.05, 0.1) is 5.69 Å². The van der Waals surface area contributed by atoms with E-state index in [2.05, 4.69) is 15.3 Å². The topological polar surface area (TPSA) is 54.9 Å². The maximum atomic E-state index is 12.2. The quantitative estimate of drug-likeness (QED) is 0.929. The fourth-order valence-corrected chi connectivity index (χ4v) is 4.72. The molecule has 114 valence electrons. The summed E-state index contributed by atoms with van der Waals surface area (Å²) < 4.78 is 0. The molecule has 0 radical (unpaired) electrons. The predicted octanol–water partition coefficient (Wildman–Crippen LogP) is 3.97. The molecule has 2 aliphatic rings. The third kappa shape index (κ3) is 2.77. The van der Waals surface area contributed by atoms with Gasteiger partial charge in [-0.2, -0.15) is 0 Å². The summed E-state index contributed by atoms with van der Waals surface area (Å²) in [5, 5.41) is 5.57. The number of fused-ring (bicyclic) bond motifs is 2. The van der Waals surface area contributed by atoms with Crippen molar-refractivity contribution in [2.45, 2.75) is 32.1 Å². The van der Waals surface area contributed by atoms with Gasteiger partial charge < -0.3 is 5.32 Å². The zero-order chi connectivity index (χ0) is 14.9. The molecule has 2 fully saturated rings. The van der Waals surface area contributed by atoms with Crippen molar-refractivity contribution in [3.63, 3.8) is 0 Å². The molecule has 0 aromatic carbocycles. The first-order valence-corrected chi connectivity index (χ1v) is 8.82. The molecule has 2 heterocycles. The van der Waals surface area contributed by atoms with Crippen LogP contribution in [-0.4, -0.2) is 15.9 Å². The second kappa shape index (κ2) is 5.80. The van der Waals surface area contributed by atoms with Gasteiger partial charge in [-0.05, 0) is 49.1 Å². The molecule has 2 aromatic rings. The Balaban J connectivity index is 1.37. The van der Waals surface area contributed by atoms with Gasteiger partial charge in [-0.15, -0.1) is 11.3 Å². The number of rotatable bonds is 4. The lowest BCUT2D eigenvalue weighted by atomic mass is 9.86. The number of nitrogens with zero attached hydrogens (tertiary/aromatic N) is 2. The summed E-state index contributed by atoms with van der Waals surface area (Å²) in [5.41, 5.74) is 1.66. The Hall–Kier alpha value is -1.75. The van der Waals surface area contributed by atoms with Gasteiger partial charge in [-0.3, -0.25) is 9.78 Å². The highest BCUT2D eigenvalue weighted by Gasteiger charge is 2.40. The van der Waals surface area contributed by atoms with E-state index in [0.29, 0.717) is 17.5 Å². The molecular weight excluding hydrogens is 294 g/mol. The number of hydrogen-bond donors (Lipinski definition) is 1. The van der Waals surface area contributed by atoms with Gasteiger partial charge in [-0.1, -0.05) is 12.5 Å². The van der Waals surface area contributed by atoms with Crippen LogP contribution in [0.2, 0.25) is 0 Å². The largest absolute Gasteiger partial charge is 0.302 e. The van der Waals surface area contributed by atoms with Crippen molar-refractivity contribution < 1.29 is 4.79 Å². The minimum absolute atomic E-state index is 0.111. The van der Waals surface area contributed by atoms with Crippen molar-refractivity contribution >= 4 is 22.4 Å². The van der Waals surface area contributed by atoms with Crippen LogP contribution in [-0.2, 0) is 4.79 Å². The van der Waals surface area contributed by atoms with Crippen LogP contribution >= 0.6 is 11.3 Å². The van der Waals surface area contributed by atoms with Crippen LogP contribution < -0.4 is 5.32 Å². The van der Waals surface area contributed by atoms with Gasteiger partial charge in [0, 0.05) is 18.0 Å². The smallest absolute Gasteiger partial charge is 0.226 e. The van der Waals surface area contributed by atoms with E-state index in [1.807, 2.05) is 23.6 Å². The minimum Gasteiger partial charge on any atom is -0.302 e. The molecule has 1 N–H and O–H groups in total. The number of nitrogens with one attached hydrogen (secondary N) is 1. The first-order valence-electron chi connectivity index (χ1n) is 7.94. The van der Waals surface area contributed by atoms with Crippen molar-refractivity contribution in [3.05, 3.63) is 29.8 Å². The number of carbonyl (C=O) groups is 1. The van der Waals surface area contributed by atoms with Gasteiger partial charge in [0.1, 0.15) is 5.69 Å². The highest BCUT2D eigenvalue weighted by molar-refractivity contribution is 7.14. The van der Waals surface area contributed by atoms with Gasteiger partial charge in [0.25, 0.3) is 0 Å². The molecule has 0 saturated heterocycles. The number of thiazole rings is 1. The zero-order valence-corrected chi connectivity index (χ0v) is 13.2. The number of pyridine rings is 1. The molecule has 4 rings (SSSR count). The van der Waals surface area contributed by atoms with Crippen LogP contribution in [0.1, 0.15) is 32.1 Å². The lowest BCUT2D eigenvalue weighted by Crippen LogP contribution is -2.20. The Morgan fingerprint density at radius 1 is 1.27 bits per heavy atom. The molecule has 0 spiro atoms. The lowest BCUT2D eigenvalue weighted by molar-refractivity contribution is -0.117. The Kier molecular flexibility index (Phi) is 3.66. The summed E-state index contributed by atoms with van der Waals surface area (Å²) in [5.74, 6) is 2.38. The first kappa shape index (κ1) is 13.9. The Morgan fingerprint density at radius 2 is 2.23 bits per heavy atom. The molecule has 4 nitrogen and oxygen atoms in total. The highest BCUT2D eigenvalue weighted by Crippen LogP contribution is 2.49. The zero-order valence-electron chi connectivity index (χ0n) is 12.4. The maximum absolute atomic E-state index is 12.2. The molecule has 5 heteroatoms. The van der Waals surface area contributed by atoms with E-state index in [-0.39, 0.29) is 5.91 Å². The van der Waals surface area contributed by atoms with Crippen molar-refractivity contribution in [1.82, 2.24) is 9.97 Å². The molecule has 2 aromatic heterocycles. The standard InChI is InChI=1S/C17H19N3OS/c21-16(9-13-8-11-4-5-12(13)7-11)20-17-19-15(10-22-17)14-3-1-2-6-18-14/h1-3,6,10-13H,4-5,7-9H2,(H,19,20,21)/t11-,12+,13-/m1/s1. The van der Waals surface area contributed by atoms with Crippen molar-refractivity contribution in [1.29, 1.82) is 0 Å². The van der Waals surface area contributed by atoms with Crippen LogP contribution in [0.5, 0.6) is 0 Å². The molecule has 2 saturated carbocycles. The molecule has 2 bridgehead atoms. The normalized spacial score (nSPS) is 26.3. The van der Waals surface area contributed by atoms with Crippen LogP contribution in [0.3, 0.4) is 0 Å². The fourth-order valence-electron chi connectivity index (χ4n) is 4.00. The molecule has 2 aliphatic carbocycles. The first-order chi connectivity index (χ1) is 10.8. The van der Waals surface area contributed by atoms with E-state index < -0.39 is 0 Å². The minimum atomic E-state index is 0.111. The fraction of sp³-hybridized carbons (Fsp3) is 0.471. The van der Waals surface area contributed by atoms with Crippen molar-refractivity contribution in [2.24, 2.45) is 17.8 Å². The molecule has 1 amide bonds. The summed E-state index contributed by atoms with van der Waals surface area (Å²) in [6.45, 7) is 0. The van der Waals surface area contributed by atoms with Crippen LogP contribution in [0.25, 0.3) is 11.4 Å². The van der Waals surface area contributed by atoms with E-state index in [9.17, 15) is 4.79 Å². The second-order valence-corrected chi connectivity index (χ2v) is 7.30. The van der Waals surface area contributed by atoms with Crippen LogP contribution in [0, 0.1) is 17.8 Å². The summed E-state index contributed by atoms with van der Waals surface area (Å²) in [4.78, 5) is 21.0. The predicted molar refractivity (Wildman–Crippen MR) is 87.5 cm³/mol. The Morgan fingerprint density at radius 3 is 2.95 bits per heavy atom. The van der Waals surface area contributed by atoms with Gasteiger partial charge >= 0.3 is 0 Å². The number of aromatic nitrogens is 2. The SMILES string of the molecule is O=C(C[C@H]1C[C@@H]2CC[C@H]1C2)Nc1nc(-c2ccccn2)cs1. The summed E-state index contributed by atoms with van der Waals surface area (Å²) in [7, 11) is 0. The number of anilines is 1. The van der Waals surface area contributed by atoms with E-state index in [4.69, 9.17) is 0 Å². The van der Waals surface area contributed by atoms with Gasteiger partial charge in [0.2, 0.25) is 5.91 Å². The van der Waals surface area contributed by atoms with E-state index >= 15 is 0 Å². The highest BCUT2D eigenvalue weighted by atomic mass is 32.1. The van der Waals surface area contributed by atoms with Crippen molar-refractivity contribution in [2.75, 3.05) is 5.32 Å². The monoisotopic (exact) mass is 313 g/mol.